The molecule has 13 nitrogen and oxygen atoms in total. The SMILES string of the molecule is COC(=O)CCOCC(COCCC(=O)[O-])(COCCC(=O)O)COP[N+](OCCC#N)(C(C)C)C(C)C. The van der Waals surface area contributed by atoms with E-state index in [2.05, 4.69) is 10.8 Å². The van der Waals surface area contributed by atoms with E-state index in [0.29, 0.717) is 0 Å². The molecule has 0 bridgehead atoms. The monoisotopic (exact) mass is 566 g/mol. The van der Waals surface area contributed by atoms with Crippen LogP contribution < -0.4 is 5.11 Å². The second-order valence-corrected chi connectivity index (χ2v) is 10.4. The molecule has 0 aliphatic heterocycles. The van der Waals surface area contributed by atoms with Crippen LogP contribution in [0.3, 0.4) is 0 Å². The Bertz CT molecular complexity index is 713. The largest absolute Gasteiger partial charge is 0.550 e. The van der Waals surface area contributed by atoms with Crippen molar-refractivity contribution in [1.82, 2.24) is 0 Å². The van der Waals surface area contributed by atoms with E-state index in [9.17, 15) is 19.5 Å². The number of carboxylic acids is 2. The minimum atomic E-state index is -1.26. The number of nitrogens with zero attached hydrogens (tertiary/aromatic N) is 2. The van der Waals surface area contributed by atoms with Gasteiger partial charge in [0.15, 0.2) is 0 Å². The average molecular weight is 567 g/mol. The van der Waals surface area contributed by atoms with E-state index in [4.69, 9.17) is 33.9 Å². The summed E-state index contributed by atoms with van der Waals surface area (Å²) >= 11 is 0. The van der Waals surface area contributed by atoms with Crippen LogP contribution in [0.25, 0.3) is 0 Å². The number of nitriles is 1. The second-order valence-electron chi connectivity index (χ2n) is 9.27. The van der Waals surface area contributed by atoms with Gasteiger partial charge in [-0.1, -0.05) is 0 Å². The number of hydroxylamine groups is 2. The molecular weight excluding hydrogens is 523 g/mol. The zero-order valence-electron chi connectivity index (χ0n) is 23.1. The molecule has 0 fully saturated rings. The molecule has 0 saturated heterocycles. The Morgan fingerprint density at radius 3 is 1.89 bits per heavy atom. The maximum Gasteiger partial charge on any atom is 0.307 e. The van der Waals surface area contributed by atoms with E-state index in [1.165, 1.54) is 7.11 Å². The number of carbonyl (C=O) groups is 3. The van der Waals surface area contributed by atoms with Gasteiger partial charge in [0.25, 0.3) is 8.96 Å². The summed E-state index contributed by atoms with van der Waals surface area (Å²) in [6, 6.07) is 2.08. The number of ether oxygens (including phenoxy) is 4. The Balaban J connectivity index is 5.69. The Morgan fingerprint density at radius 1 is 0.921 bits per heavy atom. The first kappa shape index (κ1) is 36.1. The fourth-order valence-corrected chi connectivity index (χ4v) is 4.49. The number of hydrogen-bond acceptors (Lipinski definition) is 11. The molecule has 0 aliphatic carbocycles. The zero-order valence-corrected chi connectivity index (χ0v) is 24.1. The fourth-order valence-electron chi connectivity index (χ4n) is 3.35. The van der Waals surface area contributed by atoms with Gasteiger partial charge >= 0.3 is 11.9 Å². The van der Waals surface area contributed by atoms with Crippen LogP contribution in [0.5, 0.6) is 0 Å². The minimum Gasteiger partial charge on any atom is -0.550 e. The number of methoxy groups -OCH3 is 1. The van der Waals surface area contributed by atoms with E-state index in [-0.39, 0.29) is 104 Å². The van der Waals surface area contributed by atoms with E-state index in [1.807, 2.05) is 27.7 Å². The van der Waals surface area contributed by atoms with Gasteiger partial charge in [-0.2, -0.15) is 10.1 Å². The molecule has 0 spiro atoms. The van der Waals surface area contributed by atoms with Crippen molar-refractivity contribution >= 4 is 26.9 Å². The Morgan fingerprint density at radius 2 is 1.45 bits per heavy atom. The number of esters is 1. The van der Waals surface area contributed by atoms with Crippen molar-refractivity contribution < 1.29 is 57.3 Å². The maximum atomic E-state index is 11.5. The third kappa shape index (κ3) is 14.9. The Hall–Kier alpha value is -1.91. The molecule has 14 heteroatoms. The summed E-state index contributed by atoms with van der Waals surface area (Å²) in [4.78, 5) is 39.3. The Labute approximate surface area is 226 Å². The van der Waals surface area contributed by atoms with Crippen molar-refractivity contribution in [2.45, 2.75) is 65.5 Å². The first-order chi connectivity index (χ1) is 17.9. The predicted octanol–water partition coefficient (Wildman–Crippen LogP) is 1.20. The zero-order chi connectivity index (χ0) is 29.0. The summed E-state index contributed by atoms with van der Waals surface area (Å²) in [5, 5.41) is 28.7. The number of aliphatic carboxylic acids is 2. The van der Waals surface area contributed by atoms with E-state index in [0.717, 1.165) is 0 Å². The van der Waals surface area contributed by atoms with Crippen molar-refractivity contribution in [3.63, 3.8) is 0 Å². The number of quaternary nitrogens is 1. The lowest BCUT2D eigenvalue weighted by atomic mass is 9.92. The highest BCUT2D eigenvalue weighted by atomic mass is 31.1. The van der Waals surface area contributed by atoms with Crippen LogP contribution in [0.2, 0.25) is 0 Å². The molecule has 0 aromatic carbocycles. The summed E-state index contributed by atoms with van der Waals surface area (Å²) in [7, 11) is 1.08. The van der Waals surface area contributed by atoms with Crippen molar-refractivity contribution in [2.75, 3.05) is 60.0 Å². The van der Waals surface area contributed by atoms with Gasteiger partial charge < -0.3 is 38.5 Å². The van der Waals surface area contributed by atoms with Gasteiger partial charge in [-0.25, -0.2) is 0 Å². The second kappa shape index (κ2) is 20.1. The van der Waals surface area contributed by atoms with Gasteiger partial charge in [0.05, 0.1) is 84.1 Å². The molecule has 0 radical (unpaired) electrons. The summed E-state index contributed by atoms with van der Waals surface area (Å²) in [5.41, 5.74) is -0.955. The van der Waals surface area contributed by atoms with Crippen LogP contribution in [-0.2, 0) is 42.7 Å². The predicted molar refractivity (Wildman–Crippen MR) is 134 cm³/mol. The van der Waals surface area contributed by atoms with Crippen molar-refractivity contribution in [2.24, 2.45) is 5.41 Å². The van der Waals surface area contributed by atoms with Crippen LogP contribution >= 0.6 is 8.96 Å². The van der Waals surface area contributed by atoms with Gasteiger partial charge in [-0.3, -0.25) is 9.59 Å². The molecule has 0 aliphatic rings. The molecule has 0 heterocycles. The molecule has 0 saturated carbocycles. The minimum absolute atomic E-state index is 0.00358. The van der Waals surface area contributed by atoms with E-state index in [1.54, 1.807) is 0 Å². The number of carbonyl (C=O) groups excluding carboxylic acids is 2. The maximum absolute atomic E-state index is 11.5. The van der Waals surface area contributed by atoms with Gasteiger partial charge in [-0.05, 0) is 27.7 Å². The summed E-state index contributed by atoms with van der Waals surface area (Å²) < 4.78 is 27.9. The highest BCUT2D eigenvalue weighted by Crippen LogP contribution is 2.40. The normalized spacial score (nSPS) is 13.6. The summed E-state index contributed by atoms with van der Waals surface area (Å²) in [6.07, 6.45) is -0.268. The molecule has 220 valence electrons. The lowest BCUT2D eigenvalue weighted by Gasteiger charge is -2.41. The van der Waals surface area contributed by atoms with Crippen LogP contribution in [-0.4, -0.2) is 99.5 Å². The molecule has 2 unspecified atom stereocenters. The third-order valence-electron chi connectivity index (χ3n) is 5.45. The first-order valence-corrected chi connectivity index (χ1v) is 13.3. The van der Waals surface area contributed by atoms with Crippen LogP contribution in [0.4, 0.5) is 0 Å². The van der Waals surface area contributed by atoms with E-state index >= 15 is 0 Å². The Kier molecular flexibility index (Phi) is 19.0. The molecule has 38 heavy (non-hydrogen) atoms. The average Bonchev–Trinajstić information content (AvgIpc) is 2.85. The smallest absolute Gasteiger partial charge is 0.307 e. The van der Waals surface area contributed by atoms with Crippen molar-refractivity contribution in [1.29, 1.82) is 5.26 Å². The fraction of sp³-hybridized carbons (Fsp3) is 0.833. The first-order valence-electron chi connectivity index (χ1n) is 12.5. The van der Waals surface area contributed by atoms with Crippen molar-refractivity contribution in [3.8, 4) is 6.07 Å². The molecule has 0 aromatic rings. The number of hydrogen-bond donors (Lipinski definition) is 1. The lowest BCUT2D eigenvalue weighted by Crippen LogP contribution is -2.51. The van der Waals surface area contributed by atoms with Crippen LogP contribution in [0, 0.1) is 16.7 Å². The van der Waals surface area contributed by atoms with Crippen molar-refractivity contribution in [3.05, 3.63) is 0 Å². The molecule has 0 aromatic heterocycles. The highest BCUT2D eigenvalue weighted by molar-refractivity contribution is 7.25. The number of rotatable bonds is 24. The molecule has 2 atom stereocenters. The van der Waals surface area contributed by atoms with Gasteiger partial charge in [0.2, 0.25) is 0 Å². The summed E-state index contributed by atoms with van der Waals surface area (Å²) in [5.74, 6) is -2.72. The van der Waals surface area contributed by atoms with Gasteiger partial charge in [-0.15, -0.1) is 4.42 Å². The van der Waals surface area contributed by atoms with E-state index < -0.39 is 23.3 Å². The van der Waals surface area contributed by atoms with Crippen LogP contribution in [0.15, 0.2) is 0 Å². The van der Waals surface area contributed by atoms with Gasteiger partial charge in [0.1, 0.15) is 18.7 Å². The molecule has 0 amide bonds. The van der Waals surface area contributed by atoms with Crippen LogP contribution in [0.1, 0.15) is 53.4 Å². The molecule has 1 N–H and O–H groups in total. The summed E-state index contributed by atoms with van der Waals surface area (Å²) in [6.45, 7) is 8.11. The molecule has 0 rings (SSSR count). The standard InChI is InChI=1S/C24H43N2O11P/c1-19(2)26(20(3)4,36-11-6-10-25)38-37-18-24(15-33-12-7-21(27)28,16-34-13-8-22(29)30)17-35-14-9-23(31)32-5/h19-20,38H,6-9,11-18H2,1-5H3,(H-,27,28,29,30). The highest BCUT2D eigenvalue weighted by Gasteiger charge is 2.41. The quantitative estimate of drug-likeness (QED) is 0.0766. The topological polar surface area (TPSA) is 174 Å². The van der Waals surface area contributed by atoms with Gasteiger partial charge in [0, 0.05) is 12.4 Å². The third-order valence-corrected chi connectivity index (χ3v) is 7.17. The lowest BCUT2D eigenvalue weighted by molar-refractivity contribution is -1.04. The molecular formula is C24H43N2O11P. The number of carboxylic acid groups (broad SMARTS) is 2.